The summed E-state index contributed by atoms with van der Waals surface area (Å²) in [5, 5.41) is 11.1. The van der Waals surface area contributed by atoms with E-state index in [2.05, 4.69) is 33.7 Å². The molecule has 2 aromatic carbocycles. The molecule has 1 heterocycles. The minimum Gasteiger partial charge on any atom is -0.496 e. The Morgan fingerprint density at radius 2 is 1.86 bits per heavy atom. The van der Waals surface area contributed by atoms with Crippen LogP contribution in [0.3, 0.4) is 0 Å². The fourth-order valence-electron chi connectivity index (χ4n) is 2.90. The average molecular weight is 377 g/mol. The van der Waals surface area contributed by atoms with Gasteiger partial charge < -0.3 is 15.4 Å². The zero-order valence-corrected chi connectivity index (χ0v) is 16.4. The van der Waals surface area contributed by atoms with Crippen molar-refractivity contribution in [2.24, 2.45) is 4.99 Å². The van der Waals surface area contributed by atoms with E-state index >= 15 is 0 Å². The number of methoxy groups -OCH3 is 1. The molecule has 3 rings (SSSR count). The number of nitrogens with one attached hydrogen (secondary N) is 2. The molecule has 3 aromatic rings. The predicted octanol–water partition coefficient (Wildman–Crippen LogP) is 3.18. The van der Waals surface area contributed by atoms with E-state index in [4.69, 9.17) is 4.74 Å². The van der Waals surface area contributed by atoms with Gasteiger partial charge in [0.1, 0.15) is 5.75 Å². The average Bonchev–Trinajstić information content (AvgIpc) is 3.22. The van der Waals surface area contributed by atoms with Crippen LogP contribution in [0.4, 0.5) is 0 Å². The molecule has 0 atom stereocenters. The monoisotopic (exact) mass is 377 g/mol. The number of nitrogens with zero attached hydrogens (tertiary/aromatic N) is 3. The van der Waals surface area contributed by atoms with Crippen molar-refractivity contribution in [3.63, 3.8) is 0 Å². The Morgan fingerprint density at radius 3 is 2.64 bits per heavy atom. The van der Waals surface area contributed by atoms with E-state index < -0.39 is 0 Å². The number of hydrogen-bond donors (Lipinski definition) is 2. The van der Waals surface area contributed by atoms with Crippen molar-refractivity contribution in [3.8, 4) is 11.4 Å². The van der Waals surface area contributed by atoms with Gasteiger partial charge in [-0.2, -0.15) is 5.10 Å². The molecule has 2 N–H and O–H groups in total. The summed E-state index contributed by atoms with van der Waals surface area (Å²) in [6.07, 6.45) is 4.73. The van der Waals surface area contributed by atoms with Gasteiger partial charge in [-0.05, 0) is 37.1 Å². The van der Waals surface area contributed by atoms with Gasteiger partial charge in [0.25, 0.3) is 0 Å². The Balaban J connectivity index is 1.57. The van der Waals surface area contributed by atoms with Crippen LogP contribution in [0.5, 0.6) is 5.75 Å². The van der Waals surface area contributed by atoms with Crippen LogP contribution in [0.25, 0.3) is 5.69 Å². The molecule has 6 nitrogen and oxygen atoms in total. The van der Waals surface area contributed by atoms with Crippen molar-refractivity contribution in [1.82, 2.24) is 20.4 Å². The maximum atomic E-state index is 5.41. The zero-order valence-electron chi connectivity index (χ0n) is 16.4. The van der Waals surface area contributed by atoms with E-state index in [0.717, 1.165) is 42.5 Å². The van der Waals surface area contributed by atoms with Crippen molar-refractivity contribution in [1.29, 1.82) is 0 Å². The molecule has 6 heteroatoms. The van der Waals surface area contributed by atoms with Crippen LogP contribution < -0.4 is 15.4 Å². The zero-order chi connectivity index (χ0) is 19.6. The molecule has 0 unspecified atom stereocenters. The summed E-state index contributed by atoms with van der Waals surface area (Å²) in [4.78, 5) is 4.67. The molecule has 0 spiro atoms. The Labute approximate surface area is 166 Å². The lowest BCUT2D eigenvalue weighted by molar-refractivity contribution is 0.409. The second-order valence-corrected chi connectivity index (χ2v) is 6.31. The molecule has 0 radical (unpaired) electrons. The number of hydrogen-bond acceptors (Lipinski definition) is 3. The summed E-state index contributed by atoms with van der Waals surface area (Å²) in [5.41, 5.74) is 3.28. The van der Waals surface area contributed by atoms with E-state index in [-0.39, 0.29) is 0 Å². The topological polar surface area (TPSA) is 63.5 Å². The van der Waals surface area contributed by atoms with Gasteiger partial charge >= 0.3 is 0 Å². The summed E-state index contributed by atoms with van der Waals surface area (Å²) < 4.78 is 7.28. The molecule has 0 fully saturated rings. The van der Waals surface area contributed by atoms with Crippen molar-refractivity contribution in [2.45, 2.75) is 19.9 Å². The molecule has 0 aliphatic heterocycles. The van der Waals surface area contributed by atoms with Gasteiger partial charge in [0.15, 0.2) is 5.96 Å². The van der Waals surface area contributed by atoms with Crippen LogP contribution in [0.15, 0.2) is 72.0 Å². The SMILES string of the molecule is CCNC(=NCc1cnn(-c2ccccc2)c1)NCCc1ccccc1OC. The quantitative estimate of drug-likeness (QED) is 0.467. The Hall–Kier alpha value is -3.28. The molecule has 1 aromatic heterocycles. The maximum Gasteiger partial charge on any atom is 0.191 e. The van der Waals surface area contributed by atoms with Gasteiger partial charge in [-0.15, -0.1) is 0 Å². The molecule has 0 aliphatic carbocycles. The summed E-state index contributed by atoms with van der Waals surface area (Å²) >= 11 is 0. The van der Waals surface area contributed by atoms with E-state index in [9.17, 15) is 0 Å². The first-order valence-electron chi connectivity index (χ1n) is 9.53. The van der Waals surface area contributed by atoms with Gasteiger partial charge in [0.2, 0.25) is 0 Å². The Morgan fingerprint density at radius 1 is 1.07 bits per heavy atom. The Kier molecular flexibility index (Phi) is 7.07. The fourth-order valence-corrected chi connectivity index (χ4v) is 2.90. The third-order valence-electron chi connectivity index (χ3n) is 4.30. The van der Waals surface area contributed by atoms with Crippen molar-refractivity contribution in [3.05, 3.63) is 78.1 Å². The molecular formula is C22H27N5O. The summed E-state index contributed by atoms with van der Waals surface area (Å²) in [7, 11) is 1.70. The van der Waals surface area contributed by atoms with Crippen LogP contribution in [-0.4, -0.2) is 35.9 Å². The minimum atomic E-state index is 0.566. The first kappa shape index (κ1) is 19.5. The van der Waals surface area contributed by atoms with Crippen molar-refractivity contribution < 1.29 is 4.74 Å². The summed E-state index contributed by atoms with van der Waals surface area (Å²) in [6.45, 7) is 4.21. The molecule has 0 saturated heterocycles. The largest absolute Gasteiger partial charge is 0.496 e. The molecule has 146 valence electrons. The normalized spacial score (nSPS) is 11.3. The van der Waals surface area contributed by atoms with E-state index in [1.165, 1.54) is 5.56 Å². The standard InChI is InChI=1S/C22H27N5O/c1-3-23-22(24-14-13-19-9-7-8-12-21(19)28-2)25-15-18-16-26-27(17-18)20-10-5-4-6-11-20/h4-12,16-17H,3,13-15H2,1-2H3,(H2,23,24,25). The molecule has 0 bridgehead atoms. The number of rotatable bonds is 8. The van der Waals surface area contributed by atoms with E-state index in [1.807, 2.05) is 65.6 Å². The van der Waals surface area contributed by atoms with Gasteiger partial charge in [-0.1, -0.05) is 36.4 Å². The van der Waals surface area contributed by atoms with Gasteiger partial charge in [0.05, 0.1) is 25.5 Å². The number of ether oxygens (including phenoxy) is 1. The fraction of sp³-hybridized carbons (Fsp3) is 0.273. The molecule has 0 saturated carbocycles. The minimum absolute atomic E-state index is 0.566. The first-order valence-corrected chi connectivity index (χ1v) is 9.53. The highest BCUT2D eigenvalue weighted by atomic mass is 16.5. The number of aliphatic imine (C=N–C) groups is 1. The third-order valence-corrected chi connectivity index (χ3v) is 4.30. The second kappa shape index (κ2) is 10.2. The summed E-state index contributed by atoms with van der Waals surface area (Å²) in [6, 6.07) is 18.2. The van der Waals surface area contributed by atoms with Crippen LogP contribution in [0.1, 0.15) is 18.1 Å². The Bertz CT molecular complexity index is 889. The van der Waals surface area contributed by atoms with Crippen LogP contribution >= 0.6 is 0 Å². The van der Waals surface area contributed by atoms with Crippen LogP contribution in [0.2, 0.25) is 0 Å². The third kappa shape index (κ3) is 5.36. The maximum absolute atomic E-state index is 5.41. The number of aromatic nitrogens is 2. The lowest BCUT2D eigenvalue weighted by Crippen LogP contribution is -2.38. The first-order chi connectivity index (χ1) is 13.8. The van der Waals surface area contributed by atoms with Crippen LogP contribution in [-0.2, 0) is 13.0 Å². The van der Waals surface area contributed by atoms with Crippen LogP contribution in [0, 0.1) is 0 Å². The van der Waals surface area contributed by atoms with Gasteiger partial charge in [-0.25, -0.2) is 9.67 Å². The highest BCUT2D eigenvalue weighted by Gasteiger charge is 2.04. The highest BCUT2D eigenvalue weighted by molar-refractivity contribution is 5.79. The number of para-hydroxylation sites is 2. The number of guanidine groups is 1. The molecule has 0 aliphatic rings. The van der Waals surface area contributed by atoms with Crippen molar-refractivity contribution in [2.75, 3.05) is 20.2 Å². The predicted molar refractivity (Wildman–Crippen MR) is 113 cm³/mol. The lowest BCUT2D eigenvalue weighted by Gasteiger charge is -2.12. The molecule has 28 heavy (non-hydrogen) atoms. The van der Waals surface area contributed by atoms with E-state index in [0.29, 0.717) is 6.54 Å². The molecule has 0 amide bonds. The smallest absolute Gasteiger partial charge is 0.191 e. The number of benzene rings is 2. The van der Waals surface area contributed by atoms with Gasteiger partial charge in [0, 0.05) is 24.8 Å². The summed E-state index contributed by atoms with van der Waals surface area (Å²) in [5.74, 6) is 1.71. The van der Waals surface area contributed by atoms with Gasteiger partial charge in [-0.3, -0.25) is 0 Å². The van der Waals surface area contributed by atoms with E-state index in [1.54, 1.807) is 7.11 Å². The highest BCUT2D eigenvalue weighted by Crippen LogP contribution is 2.17. The second-order valence-electron chi connectivity index (χ2n) is 6.31. The molecular weight excluding hydrogens is 350 g/mol. The lowest BCUT2D eigenvalue weighted by atomic mass is 10.1. The van der Waals surface area contributed by atoms with Crippen molar-refractivity contribution >= 4 is 5.96 Å².